The van der Waals surface area contributed by atoms with Crippen LogP contribution in [0, 0.1) is 0 Å². The minimum absolute atomic E-state index is 0.484. The summed E-state index contributed by atoms with van der Waals surface area (Å²) in [5.41, 5.74) is -0.968. The van der Waals surface area contributed by atoms with Gasteiger partial charge in [-0.1, -0.05) is 0 Å². The molecule has 0 radical (unpaired) electrons. The van der Waals surface area contributed by atoms with E-state index in [0.29, 0.717) is 0 Å². The standard InChI is InChI=1S/C9H22O4Si/c1-8(2,3)12-14(10,11-7)13-9(4,5)6/h10H,1-7H3. The summed E-state index contributed by atoms with van der Waals surface area (Å²) in [5, 5.41) is 0. The summed E-state index contributed by atoms with van der Waals surface area (Å²) in [5.74, 6) is 0. The second-order valence-corrected chi connectivity index (χ2v) is 7.02. The first-order valence-corrected chi connectivity index (χ1v) is 6.32. The maximum atomic E-state index is 9.96. The van der Waals surface area contributed by atoms with Crippen molar-refractivity contribution in [3.8, 4) is 0 Å². The molecule has 0 amide bonds. The lowest BCUT2D eigenvalue weighted by Crippen LogP contribution is -2.53. The van der Waals surface area contributed by atoms with Crippen molar-refractivity contribution in [1.82, 2.24) is 0 Å². The first-order valence-electron chi connectivity index (χ1n) is 4.65. The van der Waals surface area contributed by atoms with Gasteiger partial charge in [0.25, 0.3) is 0 Å². The molecule has 86 valence electrons. The second kappa shape index (κ2) is 4.28. The normalized spacial score (nSPS) is 14.6. The van der Waals surface area contributed by atoms with E-state index in [1.807, 2.05) is 41.5 Å². The van der Waals surface area contributed by atoms with Gasteiger partial charge in [-0.05, 0) is 41.5 Å². The fraction of sp³-hybridized carbons (Fsp3) is 1.00. The van der Waals surface area contributed by atoms with Crippen LogP contribution in [0.2, 0.25) is 0 Å². The fourth-order valence-electron chi connectivity index (χ4n) is 0.878. The highest BCUT2D eigenvalue weighted by Crippen LogP contribution is 2.21. The molecule has 0 aliphatic heterocycles. The van der Waals surface area contributed by atoms with Gasteiger partial charge < -0.3 is 18.1 Å². The maximum absolute atomic E-state index is 9.96. The molecule has 0 fully saturated rings. The van der Waals surface area contributed by atoms with Gasteiger partial charge in [-0.25, -0.2) is 0 Å². The van der Waals surface area contributed by atoms with Crippen LogP contribution in [-0.4, -0.2) is 32.2 Å². The molecule has 0 saturated carbocycles. The van der Waals surface area contributed by atoms with Gasteiger partial charge in [0, 0.05) is 7.11 Å². The Morgan fingerprint density at radius 3 is 1.29 bits per heavy atom. The summed E-state index contributed by atoms with van der Waals surface area (Å²) >= 11 is 0. The SMILES string of the molecule is CO[Si](O)(OC(C)(C)C)OC(C)(C)C. The monoisotopic (exact) mass is 222 g/mol. The third-order valence-electron chi connectivity index (χ3n) is 1.13. The van der Waals surface area contributed by atoms with Gasteiger partial charge in [0.1, 0.15) is 0 Å². The zero-order valence-corrected chi connectivity index (χ0v) is 11.2. The summed E-state index contributed by atoms with van der Waals surface area (Å²) < 4.78 is 15.7. The van der Waals surface area contributed by atoms with Crippen LogP contribution in [0.1, 0.15) is 41.5 Å². The van der Waals surface area contributed by atoms with Gasteiger partial charge in [-0.2, -0.15) is 0 Å². The second-order valence-electron chi connectivity index (χ2n) is 5.16. The van der Waals surface area contributed by atoms with E-state index in [0.717, 1.165) is 0 Å². The molecule has 0 aromatic carbocycles. The quantitative estimate of drug-likeness (QED) is 0.738. The number of hydrogen-bond acceptors (Lipinski definition) is 4. The molecule has 0 aromatic rings. The van der Waals surface area contributed by atoms with Crippen LogP contribution in [0.4, 0.5) is 0 Å². The Balaban J connectivity index is 4.49. The summed E-state index contributed by atoms with van der Waals surface area (Å²) in [6.45, 7) is 11.1. The molecule has 0 spiro atoms. The van der Waals surface area contributed by atoms with E-state index in [2.05, 4.69) is 0 Å². The molecule has 0 aliphatic rings. The van der Waals surface area contributed by atoms with Crippen LogP contribution in [0.5, 0.6) is 0 Å². The number of hydrogen-bond donors (Lipinski definition) is 1. The van der Waals surface area contributed by atoms with Crippen LogP contribution in [-0.2, 0) is 13.3 Å². The highest BCUT2D eigenvalue weighted by Gasteiger charge is 2.47. The van der Waals surface area contributed by atoms with E-state index < -0.39 is 20.3 Å². The molecule has 1 N–H and O–H groups in total. The largest absolute Gasteiger partial charge is 0.677 e. The molecule has 0 aliphatic carbocycles. The van der Waals surface area contributed by atoms with Crippen molar-refractivity contribution in [3.63, 3.8) is 0 Å². The molecule has 0 unspecified atom stereocenters. The smallest absolute Gasteiger partial charge is 0.367 e. The molecule has 0 atom stereocenters. The minimum Gasteiger partial charge on any atom is -0.367 e. The predicted octanol–water partition coefficient (Wildman–Crippen LogP) is 1.69. The van der Waals surface area contributed by atoms with Crippen molar-refractivity contribution < 1.29 is 18.1 Å². The van der Waals surface area contributed by atoms with Gasteiger partial charge in [-0.15, -0.1) is 0 Å². The molecule has 4 nitrogen and oxygen atoms in total. The van der Waals surface area contributed by atoms with Crippen LogP contribution < -0.4 is 0 Å². The molecule has 0 saturated heterocycles. The van der Waals surface area contributed by atoms with Crippen molar-refractivity contribution in [3.05, 3.63) is 0 Å². The third kappa shape index (κ3) is 6.50. The van der Waals surface area contributed by atoms with Crippen LogP contribution in [0.3, 0.4) is 0 Å². The number of rotatable bonds is 3. The van der Waals surface area contributed by atoms with Crippen LogP contribution >= 0.6 is 0 Å². The lowest BCUT2D eigenvalue weighted by Gasteiger charge is -2.34. The van der Waals surface area contributed by atoms with E-state index in [4.69, 9.17) is 13.3 Å². The summed E-state index contributed by atoms with van der Waals surface area (Å²) in [7, 11) is -2.10. The van der Waals surface area contributed by atoms with Gasteiger partial charge in [0.2, 0.25) is 0 Å². The van der Waals surface area contributed by atoms with Crippen molar-refractivity contribution in [2.45, 2.75) is 52.7 Å². The highest BCUT2D eigenvalue weighted by atomic mass is 28.4. The average Bonchev–Trinajstić information content (AvgIpc) is 1.78. The maximum Gasteiger partial charge on any atom is 0.677 e. The zero-order valence-electron chi connectivity index (χ0n) is 10.2. The Morgan fingerprint density at radius 2 is 1.14 bits per heavy atom. The van der Waals surface area contributed by atoms with Crippen molar-refractivity contribution in [2.24, 2.45) is 0 Å². The Hall–Kier alpha value is 0.0569. The molecule has 0 heterocycles. The molecule has 0 aromatic heterocycles. The van der Waals surface area contributed by atoms with Gasteiger partial charge >= 0.3 is 9.05 Å². The lowest BCUT2D eigenvalue weighted by molar-refractivity contribution is -0.0836. The molecular formula is C9H22O4Si. The topological polar surface area (TPSA) is 47.9 Å². The van der Waals surface area contributed by atoms with E-state index in [1.165, 1.54) is 7.11 Å². The van der Waals surface area contributed by atoms with Crippen molar-refractivity contribution >= 4 is 9.05 Å². The Morgan fingerprint density at radius 1 is 0.857 bits per heavy atom. The molecule has 0 rings (SSSR count). The molecule has 0 bridgehead atoms. The first-order chi connectivity index (χ1) is 5.97. The van der Waals surface area contributed by atoms with Crippen LogP contribution in [0.25, 0.3) is 0 Å². The lowest BCUT2D eigenvalue weighted by atomic mass is 10.2. The summed E-state index contributed by atoms with van der Waals surface area (Å²) in [4.78, 5) is 9.96. The Kier molecular flexibility index (Phi) is 4.30. The van der Waals surface area contributed by atoms with Crippen molar-refractivity contribution in [1.29, 1.82) is 0 Å². The van der Waals surface area contributed by atoms with Gasteiger partial charge in [0.15, 0.2) is 0 Å². The van der Waals surface area contributed by atoms with Crippen molar-refractivity contribution in [2.75, 3.05) is 7.11 Å². The Labute approximate surface area is 87.7 Å². The van der Waals surface area contributed by atoms with E-state index in [-0.39, 0.29) is 0 Å². The molecular weight excluding hydrogens is 200 g/mol. The Bertz CT molecular complexity index is 164. The van der Waals surface area contributed by atoms with Gasteiger partial charge in [0.05, 0.1) is 11.2 Å². The third-order valence-corrected chi connectivity index (χ3v) is 3.38. The summed E-state index contributed by atoms with van der Waals surface area (Å²) in [6, 6.07) is 0. The fourth-order valence-corrected chi connectivity index (χ4v) is 2.63. The van der Waals surface area contributed by atoms with E-state index >= 15 is 0 Å². The zero-order chi connectivity index (χ0) is 11.6. The average molecular weight is 222 g/mol. The first kappa shape index (κ1) is 14.1. The minimum atomic E-state index is -3.49. The molecule has 14 heavy (non-hydrogen) atoms. The molecule has 5 heteroatoms. The highest BCUT2D eigenvalue weighted by molar-refractivity contribution is 6.52. The summed E-state index contributed by atoms with van der Waals surface area (Å²) in [6.07, 6.45) is 0. The predicted molar refractivity (Wildman–Crippen MR) is 56.7 cm³/mol. The van der Waals surface area contributed by atoms with Gasteiger partial charge in [-0.3, -0.25) is 0 Å². The van der Waals surface area contributed by atoms with E-state index in [1.54, 1.807) is 0 Å². The van der Waals surface area contributed by atoms with E-state index in [9.17, 15) is 4.80 Å². The van der Waals surface area contributed by atoms with Crippen LogP contribution in [0.15, 0.2) is 0 Å².